The number of hydrogen-bond acceptors (Lipinski definition) is 6. The second-order valence-electron chi connectivity index (χ2n) is 7.53. The first kappa shape index (κ1) is 20.8. The van der Waals surface area contributed by atoms with Crippen LogP contribution in [0.25, 0.3) is 0 Å². The van der Waals surface area contributed by atoms with Gasteiger partial charge in [-0.15, -0.1) is 0 Å². The summed E-state index contributed by atoms with van der Waals surface area (Å²) >= 11 is 0. The highest BCUT2D eigenvalue weighted by Crippen LogP contribution is 2.34. The molecule has 154 valence electrons. The van der Waals surface area contributed by atoms with Gasteiger partial charge in [-0.2, -0.15) is 0 Å². The van der Waals surface area contributed by atoms with Crippen LogP contribution in [-0.4, -0.2) is 67.2 Å². The molecule has 3 N–H and O–H groups in total. The van der Waals surface area contributed by atoms with Crippen LogP contribution >= 0.6 is 0 Å². The Labute approximate surface area is 166 Å². The van der Waals surface area contributed by atoms with E-state index in [2.05, 4.69) is 12.2 Å². The van der Waals surface area contributed by atoms with Gasteiger partial charge in [-0.3, -0.25) is 9.69 Å². The monoisotopic (exact) mass is 389 g/mol. The molecule has 0 amide bonds. The van der Waals surface area contributed by atoms with Crippen molar-refractivity contribution in [3.05, 3.63) is 29.3 Å². The van der Waals surface area contributed by atoms with E-state index in [9.17, 15) is 9.90 Å². The number of likely N-dealkylation sites (tertiary alicyclic amines) is 1. The van der Waals surface area contributed by atoms with Crippen LogP contribution in [0, 0.1) is 5.41 Å². The predicted octanol–water partition coefficient (Wildman–Crippen LogP) is 2.90. The average molecular weight is 389 g/mol. The Bertz CT molecular complexity index is 676. The molecule has 1 aromatic carbocycles. The fraction of sp³-hybridized carbons (Fsp3) is 0.619. The van der Waals surface area contributed by atoms with Crippen LogP contribution in [-0.2, 0) is 14.3 Å². The largest absolute Gasteiger partial charge is 0.480 e. The first-order valence-electron chi connectivity index (χ1n) is 10.2. The molecule has 1 aromatic rings. The first-order chi connectivity index (χ1) is 13.6. The molecule has 0 radical (unpaired) electrons. The summed E-state index contributed by atoms with van der Waals surface area (Å²) in [5.41, 5.74) is 2.14. The SMILES string of the molecule is CCCCOC1CCN(C(C(=O)O)c2cccc(C=N)c2NC2CCOC2)C1. The van der Waals surface area contributed by atoms with Crippen LogP contribution in [0.2, 0.25) is 0 Å². The van der Waals surface area contributed by atoms with Gasteiger partial charge in [-0.1, -0.05) is 31.5 Å². The molecule has 3 atom stereocenters. The molecule has 28 heavy (non-hydrogen) atoms. The molecule has 0 spiro atoms. The number of para-hydroxylation sites is 1. The van der Waals surface area contributed by atoms with E-state index < -0.39 is 12.0 Å². The number of anilines is 1. The molecule has 2 saturated heterocycles. The molecule has 2 aliphatic rings. The summed E-state index contributed by atoms with van der Waals surface area (Å²) in [5.74, 6) is -0.873. The summed E-state index contributed by atoms with van der Waals surface area (Å²) in [5, 5.41) is 21.2. The predicted molar refractivity (Wildman–Crippen MR) is 108 cm³/mol. The zero-order chi connectivity index (χ0) is 19.9. The van der Waals surface area contributed by atoms with E-state index in [4.69, 9.17) is 14.9 Å². The fourth-order valence-electron chi connectivity index (χ4n) is 3.96. The second kappa shape index (κ2) is 10.0. The molecule has 0 bridgehead atoms. The first-order valence-corrected chi connectivity index (χ1v) is 10.2. The van der Waals surface area contributed by atoms with E-state index in [0.717, 1.165) is 38.0 Å². The third-order valence-corrected chi connectivity index (χ3v) is 5.48. The Morgan fingerprint density at radius 3 is 3.04 bits per heavy atom. The minimum absolute atomic E-state index is 0.0824. The molecule has 2 heterocycles. The highest BCUT2D eigenvalue weighted by Gasteiger charge is 2.36. The van der Waals surface area contributed by atoms with Crippen molar-refractivity contribution in [3.63, 3.8) is 0 Å². The van der Waals surface area contributed by atoms with Gasteiger partial charge in [-0.25, -0.2) is 0 Å². The number of carboxylic acids is 1. The topological polar surface area (TPSA) is 94.9 Å². The van der Waals surface area contributed by atoms with Crippen LogP contribution in [0.5, 0.6) is 0 Å². The Morgan fingerprint density at radius 2 is 2.36 bits per heavy atom. The number of hydrogen-bond donors (Lipinski definition) is 3. The molecule has 2 aliphatic heterocycles. The van der Waals surface area contributed by atoms with Gasteiger partial charge in [0.2, 0.25) is 0 Å². The molecule has 7 heteroatoms. The van der Waals surface area contributed by atoms with E-state index in [1.165, 1.54) is 6.21 Å². The van der Waals surface area contributed by atoms with Crippen molar-refractivity contribution in [2.75, 3.05) is 38.2 Å². The Balaban J connectivity index is 1.82. The summed E-state index contributed by atoms with van der Waals surface area (Å²) in [4.78, 5) is 14.2. The van der Waals surface area contributed by atoms with Crippen LogP contribution in [0.15, 0.2) is 18.2 Å². The van der Waals surface area contributed by atoms with Crippen molar-refractivity contribution in [2.24, 2.45) is 0 Å². The lowest BCUT2D eigenvalue weighted by Crippen LogP contribution is -2.34. The molecule has 0 aromatic heterocycles. The van der Waals surface area contributed by atoms with E-state index in [0.29, 0.717) is 37.4 Å². The summed E-state index contributed by atoms with van der Waals surface area (Å²) < 4.78 is 11.4. The summed E-state index contributed by atoms with van der Waals surface area (Å²) in [6.45, 7) is 5.46. The maximum atomic E-state index is 12.3. The van der Waals surface area contributed by atoms with E-state index in [1.54, 1.807) is 0 Å². The molecular formula is C21H31N3O4. The fourth-order valence-corrected chi connectivity index (χ4v) is 3.96. The Hall–Kier alpha value is -1.96. The van der Waals surface area contributed by atoms with Crippen LogP contribution in [0.1, 0.15) is 49.8 Å². The van der Waals surface area contributed by atoms with E-state index in [1.807, 2.05) is 23.1 Å². The summed E-state index contributed by atoms with van der Waals surface area (Å²) in [7, 11) is 0. The molecule has 3 unspecified atom stereocenters. The number of nitrogens with one attached hydrogen (secondary N) is 2. The molecule has 0 aliphatic carbocycles. The number of rotatable bonds is 10. The smallest absolute Gasteiger partial charge is 0.325 e. The van der Waals surface area contributed by atoms with Crippen molar-refractivity contribution in [3.8, 4) is 0 Å². The number of aliphatic carboxylic acids is 1. The number of carboxylic acid groups (broad SMARTS) is 1. The van der Waals surface area contributed by atoms with Crippen molar-refractivity contribution in [1.29, 1.82) is 5.41 Å². The number of unbranched alkanes of at least 4 members (excludes halogenated alkanes) is 1. The van der Waals surface area contributed by atoms with Gasteiger partial charge < -0.3 is 25.3 Å². The van der Waals surface area contributed by atoms with Gasteiger partial charge in [0, 0.05) is 49.3 Å². The van der Waals surface area contributed by atoms with E-state index >= 15 is 0 Å². The van der Waals surface area contributed by atoms with Crippen molar-refractivity contribution in [1.82, 2.24) is 4.90 Å². The highest BCUT2D eigenvalue weighted by molar-refractivity contribution is 5.90. The van der Waals surface area contributed by atoms with E-state index in [-0.39, 0.29) is 12.1 Å². The average Bonchev–Trinajstić information content (AvgIpc) is 3.35. The molecule has 2 fully saturated rings. The van der Waals surface area contributed by atoms with Crippen molar-refractivity contribution >= 4 is 17.9 Å². The van der Waals surface area contributed by atoms with Gasteiger partial charge in [0.05, 0.1) is 18.8 Å². The molecular weight excluding hydrogens is 358 g/mol. The maximum Gasteiger partial charge on any atom is 0.325 e. The van der Waals surface area contributed by atoms with Gasteiger partial charge >= 0.3 is 5.97 Å². The van der Waals surface area contributed by atoms with Crippen LogP contribution in [0.4, 0.5) is 5.69 Å². The zero-order valence-corrected chi connectivity index (χ0v) is 16.5. The Kier molecular flexibility index (Phi) is 7.42. The lowest BCUT2D eigenvalue weighted by molar-refractivity contribution is -0.143. The maximum absolute atomic E-state index is 12.3. The Morgan fingerprint density at radius 1 is 1.50 bits per heavy atom. The number of carbonyl (C=O) groups is 1. The van der Waals surface area contributed by atoms with Crippen LogP contribution in [0.3, 0.4) is 0 Å². The standard InChI is InChI=1S/C21H31N3O4/c1-2-3-10-28-17-7-9-24(13-17)20(21(25)26)18-6-4-5-15(12-22)19(18)23-16-8-11-27-14-16/h4-6,12,16-17,20,22-23H,2-3,7-11,13-14H2,1H3,(H,25,26). The lowest BCUT2D eigenvalue weighted by Gasteiger charge is -2.28. The molecule has 3 rings (SSSR count). The number of ether oxygens (including phenoxy) is 2. The lowest BCUT2D eigenvalue weighted by atomic mass is 9.98. The van der Waals surface area contributed by atoms with Crippen molar-refractivity contribution < 1.29 is 19.4 Å². The van der Waals surface area contributed by atoms with Crippen LogP contribution < -0.4 is 5.32 Å². The van der Waals surface area contributed by atoms with Gasteiger partial charge in [-0.05, 0) is 19.3 Å². The number of nitrogens with zero attached hydrogens (tertiary/aromatic N) is 1. The quantitative estimate of drug-likeness (QED) is 0.421. The molecule has 7 nitrogen and oxygen atoms in total. The zero-order valence-electron chi connectivity index (χ0n) is 16.5. The third kappa shape index (κ3) is 4.90. The number of benzene rings is 1. The van der Waals surface area contributed by atoms with Gasteiger partial charge in [0.1, 0.15) is 6.04 Å². The minimum Gasteiger partial charge on any atom is -0.480 e. The van der Waals surface area contributed by atoms with Gasteiger partial charge in [0.15, 0.2) is 0 Å². The minimum atomic E-state index is -0.873. The third-order valence-electron chi connectivity index (χ3n) is 5.48. The summed E-state index contributed by atoms with van der Waals surface area (Å²) in [6.07, 6.45) is 5.19. The highest BCUT2D eigenvalue weighted by atomic mass is 16.5. The molecule has 0 saturated carbocycles. The second-order valence-corrected chi connectivity index (χ2v) is 7.53. The van der Waals surface area contributed by atoms with Crippen molar-refractivity contribution in [2.45, 2.75) is 50.8 Å². The normalized spacial score (nSPS) is 23.6. The summed E-state index contributed by atoms with van der Waals surface area (Å²) in [6, 6.07) is 4.90. The van der Waals surface area contributed by atoms with Gasteiger partial charge in [0.25, 0.3) is 0 Å².